The number of nitrogen functional groups attached to an aromatic ring is 1. The summed E-state index contributed by atoms with van der Waals surface area (Å²) < 4.78 is 1.56. The standard InChI is InChI=1S/C10H9N5S2/c1-16-10-12-8-5-6(7-3-2-4-17-7)14-15(8)9(11)13-10/h2-5H,1H3,(H2,11,12,13). The first-order valence-electron chi connectivity index (χ1n) is 4.89. The molecule has 0 amide bonds. The van der Waals surface area contributed by atoms with Gasteiger partial charge in [-0.2, -0.15) is 14.6 Å². The van der Waals surface area contributed by atoms with Crippen molar-refractivity contribution in [1.29, 1.82) is 0 Å². The van der Waals surface area contributed by atoms with Crippen LogP contribution in [0.1, 0.15) is 0 Å². The minimum Gasteiger partial charge on any atom is -0.368 e. The van der Waals surface area contributed by atoms with Crippen molar-refractivity contribution in [3.63, 3.8) is 0 Å². The fourth-order valence-electron chi connectivity index (χ4n) is 1.52. The van der Waals surface area contributed by atoms with Gasteiger partial charge >= 0.3 is 0 Å². The lowest BCUT2D eigenvalue weighted by molar-refractivity contribution is 0.855. The Labute approximate surface area is 106 Å². The fraction of sp³-hybridized carbons (Fsp3) is 0.100. The van der Waals surface area contributed by atoms with E-state index in [-0.39, 0.29) is 0 Å². The van der Waals surface area contributed by atoms with E-state index < -0.39 is 0 Å². The van der Waals surface area contributed by atoms with E-state index >= 15 is 0 Å². The van der Waals surface area contributed by atoms with Crippen molar-refractivity contribution in [2.24, 2.45) is 0 Å². The summed E-state index contributed by atoms with van der Waals surface area (Å²) >= 11 is 3.10. The van der Waals surface area contributed by atoms with Crippen molar-refractivity contribution in [1.82, 2.24) is 19.6 Å². The van der Waals surface area contributed by atoms with Crippen molar-refractivity contribution in [2.45, 2.75) is 5.16 Å². The Morgan fingerprint density at radius 2 is 2.29 bits per heavy atom. The summed E-state index contributed by atoms with van der Waals surface area (Å²) in [6, 6.07) is 5.93. The third-order valence-electron chi connectivity index (χ3n) is 2.28. The van der Waals surface area contributed by atoms with Gasteiger partial charge in [-0.3, -0.25) is 0 Å². The first kappa shape index (κ1) is 10.5. The van der Waals surface area contributed by atoms with Crippen LogP contribution in [0.15, 0.2) is 28.7 Å². The predicted octanol–water partition coefficient (Wildman–Crippen LogP) is 2.16. The molecule has 0 aliphatic carbocycles. The normalized spacial score (nSPS) is 11.1. The molecule has 7 heteroatoms. The van der Waals surface area contributed by atoms with Crippen LogP contribution in [0.4, 0.5) is 5.95 Å². The first-order valence-corrected chi connectivity index (χ1v) is 6.99. The van der Waals surface area contributed by atoms with Gasteiger partial charge in [0.2, 0.25) is 5.95 Å². The molecule has 0 bridgehead atoms. The van der Waals surface area contributed by atoms with Crippen LogP contribution in [0.2, 0.25) is 0 Å². The molecular weight excluding hydrogens is 254 g/mol. The molecule has 5 nitrogen and oxygen atoms in total. The number of thioether (sulfide) groups is 1. The molecule has 0 atom stereocenters. The number of hydrogen-bond acceptors (Lipinski definition) is 6. The van der Waals surface area contributed by atoms with E-state index in [0.717, 1.165) is 16.2 Å². The van der Waals surface area contributed by atoms with E-state index in [1.165, 1.54) is 11.8 Å². The highest BCUT2D eigenvalue weighted by Crippen LogP contribution is 2.25. The second kappa shape index (κ2) is 4.01. The lowest BCUT2D eigenvalue weighted by atomic mass is 10.3. The van der Waals surface area contributed by atoms with Crippen LogP contribution in [0.5, 0.6) is 0 Å². The third-order valence-corrected chi connectivity index (χ3v) is 3.72. The molecule has 0 fully saturated rings. The summed E-state index contributed by atoms with van der Waals surface area (Å²) in [5, 5.41) is 7.07. The van der Waals surface area contributed by atoms with Crippen molar-refractivity contribution in [3.8, 4) is 10.6 Å². The molecule has 0 saturated carbocycles. The first-order chi connectivity index (χ1) is 8.28. The zero-order valence-corrected chi connectivity index (χ0v) is 10.6. The molecule has 3 heterocycles. The van der Waals surface area contributed by atoms with E-state index in [0.29, 0.717) is 11.1 Å². The van der Waals surface area contributed by atoms with Gasteiger partial charge in [0.1, 0.15) is 5.69 Å². The maximum absolute atomic E-state index is 5.84. The second-order valence-electron chi connectivity index (χ2n) is 3.35. The molecule has 0 aliphatic rings. The average Bonchev–Trinajstić information content (AvgIpc) is 2.96. The highest BCUT2D eigenvalue weighted by atomic mass is 32.2. The molecule has 0 aliphatic heterocycles. The van der Waals surface area contributed by atoms with Crippen LogP contribution in [0.3, 0.4) is 0 Å². The largest absolute Gasteiger partial charge is 0.368 e. The quantitative estimate of drug-likeness (QED) is 0.717. The summed E-state index contributed by atoms with van der Waals surface area (Å²) in [7, 11) is 0. The summed E-state index contributed by atoms with van der Waals surface area (Å²) in [4.78, 5) is 9.61. The van der Waals surface area contributed by atoms with Gasteiger partial charge in [0.15, 0.2) is 10.8 Å². The van der Waals surface area contributed by atoms with Crippen LogP contribution in [0, 0.1) is 0 Å². The Balaban J connectivity index is 2.22. The molecule has 0 unspecified atom stereocenters. The van der Waals surface area contributed by atoms with Crippen LogP contribution in [-0.4, -0.2) is 25.8 Å². The highest BCUT2D eigenvalue weighted by molar-refractivity contribution is 7.98. The molecule has 86 valence electrons. The van der Waals surface area contributed by atoms with E-state index in [9.17, 15) is 0 Å². The summed E-state index contributed by atoms with van der Waals surface area (Å²) in [6.07, 6.45) is 1.92. The summed E-state index contributed by atoms with van der Waals surface area (Å²) in [5.41, 5.74) is 7.44. The average molecular weight is 263 g/mol. The van der Waals surface area contributed by atoms with Gasteiger partial charge in [0.25, 0.3) is 0 Å². The Morgan fingerprint density at radius 3 is 3.00 bits per heavy atom. The maximum Gasteiger partial charge on any atom is 0.225 e. The minimum absolute atomic E-state index is 0.363. The number of rotatable bonds is 2. The lowest BCUT2D eigenvalue weighted by Gasteiger charge is -1.99. The van der Waals surface area contributed by atoms with E-state index in [1.54, 1.807) is 15.9 Å². The molecule has 2 N–H and O–H groups in total. The van der Waals surface area contributed by atoms with Crippen molar-refractivity contribution < 1.29 is 0 Å². The zero-order valence-electron chi connectivity index (χ0n) is 8.99. The van der Waals surface area contributed by atoms with Gasteiger partial charge in [-0.1, -0.05) is 17.8 Å². The van der Waals surface area contributed by atoms with Crippen LogP contribution < -0.4 is 5.73 Å². The van der Waals surface area contributed by atoms with Gasteiger partial charge in [-0.25, -0.2) is 4.98 Å². The van der Waals surface area contributed by atoms with Crippen molar-refractivity contribution in [2.75, 3.05) is 12.0 Å². The SMILES string of the molecule is CSc1nc(N)n2nc(-c3cccs3)cc2n1. The molecular formula is C10H9N5S2. The van der Waals surface area contributed by atoms with E-state index in [4.69, 9.17) is 5.73 Å². The van der Waals surface area contributed by atoms with Crippen molar-refractivity contribution >= 4 is 34.7 Å². The number of aromatic nitrogens is 4. The smallest absolute Gasteiger partial charge is 0.225 e. The molecule has 3 rings (SSSR count). The molecule has 0 saturated heterocycles. The maximum atomic E-state index is 5.84. The van der Waals surface area contributed by atoms with Crippen molar-refractivity contribution in [3.05, 3.63) is 23.6 Å². The molecule has 0 spiro atoms. The van der Waals surface area contributed by atoms with Crippen LogP contribution in [0.25, 0.3) is 16.2 Å². The predicted molar refractivity (Wildman–Crippen MR) is 70.3 cm³/mol. The van der Waals surface area contributed by atoms with Gasteiger partial charge in [0, 0.05) is 6.07 Å². The van der Waals surface area contributed by atoms with Crippen LogP contribution in [-0.2, 0) is 0 Å². The molecule has 0 radical (unpaired) electrons. The van der Waals surface area contributed by atoms with Gasteiger partial charge in [0.05, 0.1) is 4.88 Å². The number of anilines is 1. The van der Waals surface area contributed by atoms with Gasteiger partial charge < -0.3 is 5.73 Å². The Morgan fingerprint density at radius 1 is 1.41 bits per heavy atom. The minimum atomic E-state index is 0.363. The number of nitrogens with two attached hydrogens (primary N) is 1. The van der Waals surface area contributed by atoms with Gasteiger partial charge in [-0.05, 0) is 17.7 Å². The summed E-state index contributed by atoms with van der Waals surface area (Å²) in [5.74, 6) is 0.363. The molecule has 17 heavy (non-hydrogen) atoms. The Hall–Kier alpha value is -1.60. The Bertz CT molecular complexity index is 659. The fourth-order valence-corrected chi connectivity index (χ4v) is 2.57. The zero-order chi connectivity index (χ0) is 11.8. The number of fused-ring (bicyclic) bond motifs is 1. The van der Waals surface area contributed by atoms with E-state index in [2.05, 4.69) is 15.1 Å². The molecule has 3 aromatic rings. The molecule has 3 aromatic heterocycles. The monoisotopic (exact) mass is 263 g/mol. The third kappa shape index (κ3) is 1.77. The number of thiophene rings is 1. The lowest BCUT2D eigenvalue weighted by Crippen LogP contribution is -2.04. The Kier molecular flexibility index (Phi) is 2.49. The summed E-state index contributed by atoms with van der Waals surface area (Å²) in [6.45, 7) is 0. The highest BCUT2D eigenvalue weighted by Gasteiger charge is 2.10. The number of hydrogen-bond donors (Lipinski definition) is 1. The number of nitrogens with zero attached hydrogens (tertiary/aromatic N) is 4. The van der Waals surface area contributed by atoms with Gasteiger partial charge in [-0.15, -0.1) is 11.3 Å². The second-order valence-corrected chi connectivity index (χ2v) is 5.07. The molecule has 0 aromatic carbocycles. The topological polar surface area (TPSA) is 69.1 Å². The van der Waals surface area contributed by atoms with E-state index in [1.807, 2.05) is 29.8 Å². The van der Waals surface area contributed by atoms with Crippen LogP contribution >= 0.6 is 23.1 Å².